The number of amides is 1. The Morgan fingerprint density at radius 1 is 1.19 bits per heavy atom. The molecule has 0 unspecified atom stereocenters. The van der Waals surface area contributed by atoms with Crippen LogP contribution in [0.1, 0.15) is 5.56 Å². The number of nitrogens with zero attached hydrogens (tertiary/aromatic N) is 1. The van der Waals surface area contributed by atoms with E-state index in [0.29, 0.717) is 0 Å². The summed E-state index contributed by atoms with van der Waals surface area (Å²) in [6, 6.07) is 4.63. The van der Waals surface area contributed by atoms with Gasteiger partial charge in [0.1, 0.15) is 6.07 Å². The summed E-state index contributed by atoms with van der Waals surface area (Å²) in [5.74, 6) is -6.54. The van der Waals surface area contributed by atoms with Gasteiger partial charge in [-0.1, -0.05) is 11.6 Å². The highest BCUT2D eigenvalue weighted by atomic mass is 35.5. The maximum absolute atomic E-state index is 12.4. The lowest BCUT2D eigenvalue weighted by Gasteiger charge is -2.22. The maximum atomic E-state index is 12.4. The number of benzene rings is 1. The van der Waals surface area contributed by atoms with Gasteiger partial charge in [-0.25, -0.2) is 0 Å². The lowest BCUT2D eigenvalue weighted by atomic mass is 10.1. The van der Waals surface area contributed by atoms with E-state index in [9.17, 15) is 31.1 Å². The number of nitrogens with one attached hydrogen (secondary N) is 1. The van der Waals surface area contributed by atoms with E-state index in [4.69, 9.17) is 16.9 Å². The second-order valence-electron chi connectivity index (χ2n) is 3.81. The van der Waals surface area contributed by atoms with E-state index in [1.807, 2.05) is 0 Å². The number of nitriles is 1. The smallest absolute Gasteiger partial charge is 0.324 e. The number of anilines is 1. The van der Waals surface area contributed by atoms with Crippen molar-refractivity contribution in [2.45, 2.75) is 12.4 Å². The monoisotopic (exact) mass is 330 g/mol. The molecule has 0 radical (unpaired) electrons. The Hall–Kier alpha value is -1.95. The molecule has 0 aromatic heterocycles. The lowest BCUT2D eigenvalue weighted by molar-refractivity contribution is -0.272. The van der Waals surface area contributed by atoms with Crippen molar-refractivity contribution >= 4 is 23.2 Å². The summed E-state index contributed by atoms with van der Waals surface area (Å²) < 4.78 is 74.2. The van der Waals surface area contributed by atoms with Gasteiger partial charge >= 0.3 is 12.4 Å². The molecule has 0 saturated heterocycles. The third-order valence-electron chi connectivity index (χ3n) is 2.28. The molecule has 0 aliphatic carbocycles. The van der Waals surface area contributed by atoms with Crippen LogP contribution in [0.4, 0.5) is 32.0 Å². The predicted molar refractivity (Wildman–Crippen MR) is 60.4 cm³/mol. The first-order chi connectivity index (χ1) is 9.46. The van der Waals surface area contributed by atoms with E-state index in [1.54, 1.807) is 0 Å². The highest BCUT2D eigenvalue weighted by molar-refractivity contribution is 6.31. The fraction of sp³-hybridized carbons (Fsp3) is 0.273. The van der Waals surface area contributed by atoms with Crippen LogP contribution in [0, 0.1) is 17.2 Å². The van der Waals surface area contributed by atoms with E-state index >= 15 is 0 Å². The van der Waals surface area contributed by atoms with Crippen LogP contribution in [0.3, 0.4) is 0 Å². The Labute approximate surface area is 119 Å². The van der Waals surface area contributed by atoms with Crippen LogP contribution in [0.2, 0.25) is 5.02 Å². The molecule has 0 spiro atoms. The van der Waals surface area contributed by atoms with Gasteiger partial charge in [-0.3, -0.25) is 4.79 Å². The number of carbonyl (C=O) groups is 1. The van der Waals surface area contributed by atoms with Crippen LogP contribution in [0.5, 0.6) is 0 Å². The summed E-state index contributed by atoms with van der Waals surface area (Å²) in [7, 11) is 0. The molecule has 0 saturated carbocycles. The molecule has 0 atom stereocenters. The van der Waals surface area contributed by atoms with Crippen molar-refractivity contribution in [1.29, 1.82) is 5.26 Å². The van der Waals surface area contributed by atoms with Gasteiger partial charge < -0.3 is 5.32 Å². The molecule has 0 fully saturated rings. The molecule has 0 heterocycles. The predicted octanol–water partition coefficient (Wildman–Crippen LogP) is 3.89. The van der Waals surface area contributed by atoms with Gasteiger partial charge in [0.2, 0.25) is 11.8 Å². The van der Waals surface area contributed by atoms with Gasteiger partial charge in [0.05, 0.1) is 11.3 Å². The lowest BCUT2D eigenvalue weighted by Crippen LogP contribution is -2.45. The molecular formula is C11H5ClF6N2O. The van der Waals surface area contributed by atoms with Crippen LogP contribution >= 0.6 is 11.6 Å². The normalized spacial score (nSPS) is 12.1. The highest BCUT2D eigenvalue weighted by Gasteiger charge is 2.61. The topological polar surface area (TPSA) is 52.9 Å². The Bertz CT molecular complexity index is 576. The number of halogens is 7. The number of alkyl halides is 6. The first-order valence-electron chi connectivity index (χ1n) is 5.10. The molecule has 0 aliphatic heterocycles. The number of hydrogen-bond acceptors (Lipinski definition) is 2. The number of hydrogen-bond donors (Lipinski definition) is 1. The van der Waals surface area contributed by atoms with Gasteiger partial charge in [-0.15, -0.1) is 0 Å². The van der Waals surface area contributed by atoms with E-state index in [2.05, 4.69) is 0 Å². The second-order valence-corrected chi connectivity index (χ2v) is 4.24. The van der Waals surface area contributed by atoms with Gasteiger partial charge in [0, 0.05) is 5.02 Å². The van der Waals surface area contributed by atoms with E-state index in [1.165, 1.54) is 17.5 Å². The average molecular weight is 331 g/mol. The van der Waals surface area contributed by atoms with E-state index < -0.39 is 29.9 Å². The van der Waals surface area contributed by atoms with Crippen molar-refractivity contribution < 1.29 is 31.1 Å². The highest BCUT2D eigenvalue weighted by Crippen LogP contribution is 2.40. The van der Waals surface area contributed by atoms with Crippen LogP contribution in [-0.4, -0.2) is 18.3 Å². The SMILES string of the molecule is N#Cc1ccc(Cl)cc1NC(=O)C(C(F)(F)F)C(F)(F)F. The van der Waals surface area contributed by atoms with Crippen LogP contribution in [0.15, 0.2) is 18.2 Å². The number of carbonyl (C=O) groups excluding carboxylic acids is 1. The quantitative estimate of drug-likeness (QED) is 0.836. The molecule has 1 aromatic rings. The Kier molecular flexibility index (Phi) is 4.73. The molecule has 114 valence electrons. The van der Waals surface area contributed by atoms with Crippen LogP contribution in [0.25, 0.3) is 0 Å². The first kappa shape index (κ1) is 17.1. The first-order valence-corrected chi connectivity index (χ1v) is 5.48. The standard InChI is InChI=1S/C11H5ClF6N2O/c12-6-2-1-5(4-19)7(3-6)20-9(21)8(10(13,14)15)11(16,17)18/h1-3,8H,(H,20,21). The zero-order chi connectivity index (χ0) is 16.4. The summed E-state index contributed by atoms with van der Waals surface area (Å²) >= 11 is 5.51. The van der Waals surface area contributed by atoms with Gasteiger partial charge in [-0.05, 0) is 18.2 Å². The second kappa shape index (κ2) is 5.81. The molecule has 10 heteroatoms. The van der Waals surface area contributed by atoms with Crippen LogP contribution in [-0.2, 0) is 4.79 Å². The minimum absolute atomic E-state index is 0.0696. The summed E-state index contributed by atoms with van der Waals surface area (Å²) in [6.45, 7) is 0. The van der Waals surface area contributed by atoms with Gasteiger partial charge in [0.15, 0.2) is 0 Å². The molecule has 1 amide bonds. The molecular weight excluding hydrogens is 326 g/mol. The summed E-state index contributed by atoms with van der Waals surface area (Å²) in [5, 5.41) is 10.1. The van der Waals surface area contributed by atoms with Crippen molar-refractivity contribution in [2.24, 2.45) is 5.92 Å². The molecule has 0 bridgehead atoms. The Balaban J connectivity index is 3.15. The fourth-order valence-corrected chi connectivity index (χ4v) is 1.58. The van der Waals surface area contributed by atoms with Crippen LogP contribution < -0.4 is 5.32 Å². The molecule has 21 heavy (non-hydrogen) atoms. The summed E-state index contributed by atoms with van der Waals surface area (Å²) in [4.78, 5) is 11.3. The van der Waals surface area contributed by atoms with Crippen molar-refractivity contribution in [3.63, 3.8) is 0 Å². The molecule has 3 nitrogen and oxygen atoms in total. The van der Waals surface area contributed by atoms with Crippen molar-refractivity contribution in [1.82, 2.24) is 0 Å². The Morgan fingerprint density at radius 2 is 1.71 bits per heavy atom. The maximum Gasteiger partial charge on any atom is 0.409 e. The van der Waals surface area contributed by atoms with Gasteiger partial charge in [0.25, 0.3) is 0 Å². The van der Waals surface area contributed by atoms with Crippen molar-refractivity contribution in [3.05, 3.63) is 28.8 Å². The van der Waals surface area contributed by atoms with Crippen molar-refractivity contribution in [2.75, 3.05) is 5.32 Å². The van der Waals surface area contributed by atoms with E-state index in [-0.39, 0.29) is 10.6 Å². The zero-order valence-electron chi connectivity index (χ0n) is 9.81. The minimum Gasteiger partial charge on any atom is -0.324 e. The Morgan fingerprint density at radius 3 is 2.14 bits per heavy atom. The van der Waals surface area contributed by atoms with Crippen molar-refractivity contribution in [3.8, 4) is 6.07 Å². The molecule has 1 aromatic carbocycles. The van der Waals surface area contributed by atoms with Gasteiger partial charge in [-0.2, -0.15) is 31.6 Å². The molecule has 1 rings (SSSR count). The molecule has 1 N–H and O–H groups in total. The largest absolute Gasteiger partial charge is 0.409 e. The third-order valence-corrected chi connectivity index (χ3v) is 2.51. The zero-order valence-corrected chi connectivity index (χ0v) is 10.6. The minimum atomic E-state index is -5.81. The third kappa shape index (κ3) is 4.26. The number of rotatable bonds is 2. The fourth-order valence-electron chi connectivity index (χ4n) is 1.41. The summed E-state index contributed by atoms with van der Waals surface area (Å²) in [5.41, 5.74) is -0.857. The summed E-state index contributed by atoms with van der Waals surface area (Å²) in [6.07, 6.45) is -11.6. The molecule has 0 aliphatic rings. The van der Waals surface area contributed by atoms with E-state index in [0.717, 1.165) is 12.1 Å². The average Bonchev–Trinajstić information content (AvgIpc) is 2.24.